The van der Waals surface area contributed by atoms with E-state index in [1.165, 1.54) is 3.57 Å². The third-order valence-electron chi connectivity index (χ3n) is 3.26. The predicted octanol–water partition coefficient (Wildman–Crippen LogP) is 3.57. The number of benzene rings is 1. The highest BCUT2D eigenvalue weighted by molar-refractivity contribution is 14.1. The summed E-state index contributed by atoms with van der Waals surface area (Å²) in [5.41, 5.74) is 3.96. The summed E-state index contributed by atoms with van der Waals surface area (Å²) in [6.45, 7) is 2.60. The number of aromatic nitrogens is 4. The van der Waals surface area contributed by atoms with Crippen LogP contribution in [0.2, 0.25) is 0 Å². The minimum Gasteiger partial charge on any atom is -0.322 e. The van der Waals surface area contributed by atoms with Gasteiger partial charge in [-0.25, -0.2) is 4.98 Å². The molecule has 6 heteroatoms. The quantitative estimate of drug-likeness (QED) is 0.486. The van der Waals surface area contributed by atoms with Crippen LogP contribution in [0.4, 0.5) is 0 Å². The molecule has 0 fully saturated rings. The van der Waals surface area contributed by atoms with Gasteiger partial charge in [0, 0.05) is 22.1 Å². The zero-order valence-corrected chi connectivity index (χ0v) is 14.5. The average molecular weight is 413 g/mol. The van der Waals surface area contributed by atoms with Crippen molar-refractivity contribution in [2.24, 2.45) is 0 Å². The molecule has 3 aromatic rings. The van der Waals surface area contributed by atoms with Crippen molar-refractivity contribution in [1.82, 2.24) is 19.5 Å². The van der Waals surface area contributed by atoms with E-state index in [4.69, 9.17) is 16.6 Å². The lowest BCUT2D eigenvalue weighted by molar-refractivity contribution is 0.732. The van der Waals surface area contributed by atoms with Crippen LogP contribution < -0.4 is 0 Å². The molecular formula is C15H14ClIN4. The summed E-state index contributed by atoms with van der Waals surface area (Å²) < 4.78 is 3.35. The Kier molecular flexibility index (Phi) is 4.40. The molecule has 0 amide bonds. The maximum atomic E-state index is 5.91. The topological polar surface area (TPSA) is 43.6 Å². The molecule has 2 aromatic heterocycles. The molecule has 0 spiro atoms. The summed E-state index contributed by atoms with van der Waals surface area (Å²) >= 11 is 8.21. The highest BCUT2D eigenvalue weighted by atomic mass is 127. The minimum atomic E-state index is 0.556. The van der Waals surface area contributed by atoms with Gasteiger partial charge in [0.05, 0.1) is 35.2 Å². The van der Waals surface area contributed by atoms with Crippen LogP contribution in [-0.2, 0) is 13.0 Å². The van der Waals surface area contributed by atoms with Crippen LogP contribution in [-0.4, -0.2) is 25.4 Å². The maximum Gasteiger partial charge on any atom is 0.111 e. The van der Waals surface area contributed by atoms with Crippen molar-refractivity contribution < 1.29 is 0 Å². The molecule has 0 atom stereocenters. The summed E-state index contributed by atoms with van der Waals surface area (Å²) in [5, 5.41) is 0. The van der Waals surface area contributed by atoms with Crippen LogP contribution in [0, 0.1) is 10.5 Å². The van der Waals surface area contributed by atoms with Gasteiger partial charge in [0.1, 0.15) is 5.82 Å². The first-order valence-corrected chi connectivity index (χ1v) is 8.27. The lowest BCUT2D eigenvalue weighted by Crippen LogP contribution is -2.07. The van der Waals surface area contributed by atoms with E-state index in [0.29, 0.717) is 12.4 Å². The zero-order chi connectivity index (χ0) is 14.8. The second kappa shape index (κ2) is 6.27. The van der Waals surface area contributed by atoms with Crippen molar-refractivity contribution in [3.05, 3.63) is 51.4 Å². The molecule has 0 aliphatic rings. The molecule has 2 heterocycles. The third kappa shape index (κ3) is 3.18. The SMILES string of the molecule is Cc1cnc(Cn2c(CCCl)nc3cc(I)ccc32)cn1. The van der Waals surface area contributed by atoms with E-state index < -0.39 is 0 Å². The van der Waals surface area contributed by atoms with Gasteiger partial charge in [-0.3, -0.25) is 9.97 Å². The first-order valence-electron chi connectivity index (χ1n) is 6.65. The van der Waals surface area contributed by atoms with E-state index in [9.17, 15) is 0 Å². The standard InChI is InChI=1S/C15H14ClIN4/c1-10-7-19-12(8-18-10)9-21-14-3-2-11(17)6-13(14)20-15(21)4-5-16/h2-3,6-8H,4-5,9H2,1H3. The molecule has 3 rings (SSSR count). The second-order valence-electron chi connectivity index (χ2n) is 4.84. The average Bonchev–Trinajstić information content (AvgIpc) is 2.79. The van der Waals surface area contributed by atoms with Crippen LogP contribution >= 0.6 is 34.2 Å². The molecule has 0 saturated heterocycles. The van der Waals surface area contributed by atoms with Gasteiger partial charge in [-0.05, 0) is 47.7 Å². The Morgan fingerprint density at radius 1 is 1.24 bits per heavy atom. The van der Waals surface area contributed by atoms with Gasteiger partial charge in [-0.2, -0.15) is 0 Å². The van der Waals surface area contributed by atoms with Crippen LogP contribution in [0.25, 0.3) is 11.0 Å². The van der Waals surface area contributed by atoms with E-state index in [1.807, 2.05) is 13.1 Å². The van der Waals surface area contributed by atoms with E-state index >= 15 is 0 Å². The molecule has 0 N–H and O–H groups in total. The predicted molar refractivity (Wildman–Crippen MR) is 92.7 cm³/mol. The Balaban J connectivity index is 2.06. The fourth-order valence-corrected chi connectivity index (χ4v) is 2.91. The number of rotatable bonds is 4. The smallest absolute Gasteiger partial charge is 0.111 e. The minimum absolute atomic E-state index is 0.556. The van der Waals surface area contributed by atoms with Crippen molar-refractivity contribution in [3.63, 3.8) is 0 Å². The Hall–Kier alpha value is -1.21. The lowest BCUT2D eigenvalue weighted by atomic mass is 10.3. The lowest BCUT2D eigenvalue weighted by Gasteiger charge is -2.08. The number of nitrogens with zero attached hydrogens (tertiary/aromatic N) is 4. The van der Waals surface area contributed by atoms with Gasteiger partial charge in [-0.15, -0.1) is 11.6 Å². The van der Waals surface area contributed by atoms with E-state index in [-0.39, 0.29) is 0 Å². The Morgan fingerprint density at radius 3 is 2.81 bits per heavy atom. The van der Waals surface area contributed by atoms with Crippen LogP contribution in [0.3, 0.4) is 0 Å². The number of halogens is 2. The van der Waals surface area contributed by atoms with Crippen molar-refractivity contribution in [2.45, 2.75) is 19.9 Å². The van der Waals surface area contributed by atoms with Crippen molar-refractivity contribution in [2.75, 3.05) is 5.88 Å². The molecular weight excluding hydrogens is 399 g/mol. The van der Waals surface area contributed by atoms with E-state index in [2.05, 4.69) is 55.3 Å². The molecule has 4 nitrogen and oxygen atoms in total. The molecule has 0 aliphatic heterocycles. The third-order valence-corrected chi connectivity index (χ3v) is 4.12. The number of alkyl halides is 1. The maximum absolute atomic E-state index is 5.91. The second-order valence-corrected chi connectivity index (χ2v) is 6.46. The molecule has 108 valence electrons. The molecule has 0 saturated carbocycles. The molecule has 21 heavy (non-hydrogen) atoms. The summed E-state index contributed by atoms with van der Waals surface area (Å²) in [6.07, 6.45) is 4.35. The van der Waals surface area contributed by atoms with Gasteiger partial charge >= 0.3 is 0 Å². The number of fused-ring (bicyclic) bond motifs is 1. The van der Waals surface area contributed by atoms with Crippen LogP contribution in [0.15, 0.2) is 30.6 Å². The highest BCUT2D eigenvalue weighted by Gasteiger charge is 2.11. The summed E-state index contributed by atoms with van der Waals surface area (Å²) in [7, 11) is 0. The molecule has 0 aliphatic carbocycles. The van der Waals surface area contributed by atoms with Gasteiger partial charge < -0.3 is 4.57 Å². The van der Waals surface area contributed by atoms with Crippen molar-refractivity contribution in [3.8, 4) is 0 Å². The number of hydrogen-bond donors (Lipinski definition) is 0. The molecule has 0 bridgehead atoms. The van der Waals surface area contributed by atoms with Gasteiger partial charge in [0.15, 0.2) is 0 Å². The van der Waals surface area contributed by atoms with E-state index in [1.54, 1.807) is 6.20 Å². The Morgan fingerprint density at radius 2 is 2.10 bits per heavy atom. The van der Waals surface area contributed by atoms with Gasteiger partial charge in [0.25, 0.3) is 0 Å². The first kappa shape index (κ1) is 14.7. The van der Waals surface area contributed by atoms with Crippen LogP contribution in [0.5, 0.6) is 0 Å². The molecule has 0 unspecified atom stereocenters. The summed E-state index contributed by atoms with van der Waals surface area (Å²) in [4.78, 5) is 13.4. The number of imidazole rings is 1. The zero-order valence-electron chi connectivity index (χ0n) is 11.6. The Labute approximate surface area is 141 Å². The molecule has 1 aromatic carbocycles. The summed E-state index contributed by atoms with van der Waals surface area (Å²) in [6, 6.07) is 6.28. The van der Waals surface area contributed by atoms with Gasteiger partial charge in [0.2, 0.25) is 0 Å². The largest absolute Gasteiger partial charge is 0.322 e. The summed E-state index contributed by atoms with van der Waals surface area (Å²) in [5.74, 6) is 1.55. The highest BCUT2D eigenvalue weighted by Crippen LogP contribution is 2.20. The van der Waals surface area contributed by atoms with E-state index in [0.717, 1.165) is 34.7 Å². The van der Waals surface area contributed by atoms with Crippen molar-refractivity contribution in [1.29, 1.82) is 0 Å². The fraction of sp³-hybridized carbons (Fsp3) is 0.267. The monoisotopic (exact) mass is 412 g/mol. The number of hydrogen-bond acceptors (Lipinski definition) is 3. The van der Waals surface area contributed by atoms with Crippen molar-refractivity contribution >= 4 is 45.2 Å². The Bertz CT molecular complexity index is 767. The molecule has 0 radical (unpaired) electrons. The number of aryl methyl sites for hydroxylation is 2. The first-order chi connectivity index (χ1) is 10.2. The van der Waals surface area contributed by atoms with Gasteiger partial charge in [-0.1, -0.05) is 0 Å². The fourth-order valence-electron chi connectivity index (χ4n) is 2.27. The van der Waals surface area contributed by atoms with Crippen LogP contribution in [0.1, 0.15) is 17.2 Å². The normalized spacial score (nSPS) is 11.2.